The maximum Gasteiger partial charge on any atom is 0.422 e. The van der Waals surface area contributed by atoms with E-state index in [0.29, 0.717) is 6.54 Å². The number of ether oxygens (including phenoxy) is 1. The van der Waals surface area contributed by atoms with Gasteiger partial charge in [0.25, 0.3) is 0 Å². The smallest absolute Gasteiger partial charge is 0.422 e. The Hall–Kier alpha value is -3.22. The fourth-order valence-electron chi connectivity index (χ4n) is 2.88. The van der Waals surface area contributed by atoms with E-state index >= 15 is 0 Å². The molecule has 0 aliphatic carbocycles. The number of carbonyl (C=O) groups excluding carboxylic acids is 1. The first-order chi connectivity index (χ1) is 13.8. The van der Waals surface area contributed by atoms with E-state index in [4.69, 9.17) is 4.74 Å². The predicted octanol–water partition coefficient (Wildman–Crippen LogP) is 5.20. The Kier molecular flexibility index (Phi) is 6.26. The molecule has 0 bridgehead atoms. The molecule has 0 saturated heterocycles. The molecular formula is C22H21F3N2O2. The maximum absolute atomic E-state index is 12.2. The third kappa shape index (κ3) is 6.41. The van der Waals surface area contributed by atoms with Crippen LogP contribution in [0.25, 0.3) is 10.8 Å². The van der Waals surface area contributed by atoms with Gasteiger partial charge in [-0.2, -0.15) is 13.2 Å². The number of nitrogens with one attached hydrogen (secondary N) is 2. The number of halogens is 3. The summed E-state index contributed by atoms with van der Waals surface area (Å²) in [6.45, 7) is 0.790. The largest absolute Gasteiger partial charge is 0.484 e. The molecule has 0 unspecified atom stereocenters. The van der Waals surface area contributed by atoms with Gasteiger partial charge in [-0.05, 0) is 59.2 Å². The van der Waals surface area contributed by atoms with Crippen LogP contribution in [-0.4, -0.2) is 25.2 Å². The van der Waals surface area contributed by atoms with E-state index in [1.807, 2.05) is 30.3 Å². The molecule has 29 heavy (non-hydrogen) atoms. The normalized spacial score (nSPS) is 11.3. The fraction of sp³-hybridized carbons (Fsp3) is 0.227. The molecular weight excluding hydrogens is 381 g/mol. The summed E-state index contributed by atoms with van der Waals surface area (Å²) in [6.07, 6.45) is -3.59. The Morgan fingerprint density at radius 3 is 2.28 bits per heavy atom. The molecule has 0 heterocycles. The summed E-state index contributed by atoms with van der Waals surface area (Å²) in [6, 6.07) is 18.4. The van der Waals surface area contributed by atoms with Crippen LogP contribution >= 0.6 is 0 Å². The topological polar surface area (TPSA) is 50.4 Å². The van der Waals surface area contributed by atoms with Gasteiger partial charge in [0, 0.05) is 24.8 Å². The highest BCUT2D eigenvalue weighted by Crippen LogP contribution is 2.25. The molecule has 0 aliphatic heterocycles. The van der Waals surface area contributed by atoms with Gasteiger partial charge in [-0.1, -0.05) is 24.3 Å². The summed E-state index contributed by atoms with van der Waals surface area (Å²) in [5, 5.41) is 8.16. The van der Waals surface area contributed by atoms with Crippen LogP contribution in [0.2, 0.25) is 0 Å². The summed E-state index contributed by atoms with van der Waals surface area (Å²) < 4.78 is 41.3. The summed E-state index contributed by atoms with van der Waals surface area (Å²) in [5.41, 5.74) is 2.75. The van der Waals surface area contributed by atoms with Gasteiger partial charge in [-0.25, -0.2) is 0 Å². The fourth-order valence-corrected chi connectivity index (χ4v) is 2.88. The molecule has 0 atom stereocenters. The molecule has 3 aromatic carbocycles. The standard InChI is InChI=1S/C22H21F3N2O2/c1-15(28)26-11-10-16-2-3-18-13-20(5-4-17(18)12-16)27-19-6-8-21(9-7-19)29-14-22(23,24)25/h2-9,12-13,27H,10-11,14H2,1H3,(H,26,28). The molecule has 0 fully saturated rings. The molecule has 3 rings (SSSR count). The number of hydrogen-bond donors (Lipinski definition) is 2. The lowest BCUT2D eigenvalue weighted by molar-refractivity contribution is -0.153. The Morgan fingerprint density at radius 2 is 1.59 bits per heavy atom. The first kappa shape index (κ1) is 20.5. The highest BCUT2D eigenvalue weighted by molar-refractivity contribution is 5.87. The molecule has 4 nitrogen and oxygen atoms in total. The Labute approximate surface area is 166 Å². The minimum absolute atomic E-state index is 0.0403. The van der Waals surface area contributed by atoms with Gasteiger partial charge >= 0.3 is 6.18 Å². The average molecular weight is 402 g/mol. The minimum atomic E-state index is -4.36. The van der Waals surface area contributed by atoms with Crippen LogP contribution in [0.1, 0.15) is 12.5 Å². The second kappa shape index (κ2) is 8.86. The minimum Gasteiger partial charge on any atom is -0.484 e. The van der Waals surface area contributed by atoms with Gasteiger partial charge in [0.15, 0.2) is 6.61 Å². The lowest BCUT2D eigenvalue weighted by atomic mass is 10.0. The van der Waals surface area contributed by atoms with Crippen molar-refractivity contribution >= 4 is 28.1 Å². The average Bonchev–Trinajstić information content (AvgIpc) is 2.66. The van der Waals surface area contributed by atoms with Crippen molar-refractivity contribution in [1.29, 1.82) is 0 Å². The van der Waals surface area contributed by atoms with Gasteiger partial charge in [0.2, 0.25) is 5.91 Å². The Balaban J connectivity index is 1.63. The van der Waals surface area contributed by atoms with Crippen molar-refractivity contribution in [3.05, 3.63) is 66.2 Å². The SMILES string of the molecule is CC(=O)NCCc1ccc2cc(Nc3ccc(OCC(F)(F)F)cc3)ccc2c1. The number of carbonyl (C=O) groups is 1. The number of anilines is 2. The first-order valence-corrected chi connectivity index (χ1v) is 9.12. The van der Waals surface area contributed by atoms with E-state index in [9.17, 15) is 18.0 Å². The number of amides is 1. The van der Waals surface area contributed by atoms with E-state index in [-0.39, 0.29) is 11.7 Å². The van der Waals surface area contributed by atoms with Crippen molar-refractivity contribution in [3.8, 4) is 5.75 Å². The number of benzene rings is 3. The Morgan fingerprint density at radius 1 is 0.931 bits per heavy atom. The van der Waals surface area contributed by atoms with Crippen molar-refractivity contribution in [2.24, 2.45) is 0 Å². The van der Waals surface area contributed by atoms with Crippen LogP contribution in [0.3, 0.4) is 0 Å². The molecule has 2 N–H and O–H groups in total. The van der Waals surface area contributed by atoms with Crippen molar-refractivity contribution in [2.45, 2.75) is 19.5 Å². The van der Waals surface area contributed by atoms with E-state index in [1.54, 1.807) is 12.1 Å². The molecule has 0 saturated carbocycles. The van der Waals surface area contributed by atoms with E-state index in [0.717, 1.165) is 34.1 Å². The monoisotopic (exact) mass is 402 g/mol. The number of hydrogen-bond acceptors (Lipinski definition) is 3. The van der Waals surface area contributed by atoms with Crippen molar-refractivity contribution in [2.75, 3.05) is 18.5 Å². The molecule has 0 radical (unpaired) electrons. The molecule has 1 amide bonds. The van der Waals surface area contributed by atoms with Gasteiger partial charge in [0.1, 0.15) is 5.75 Å². The molecule has 152 valence electrons. The van der Waals surface area contributed by atoms with Crippen molar-refractivity contribution in [3.63, 3.8) is 0 Å². The van der Waals surface area contributed by atoms with E-state index in [2.05, 4.69) is 16.7 Å². The second-order valence-corrected chi connectivity index (χ2v) is 6.68. The van der Waals surface area contributed by atoms with Crippen LogP contribution in [0.4, 0.5) is 24.5 Å². The number of alkyl halides is 3. The Bertz CT molecular complexity index is 986. The lowest BCUT2D eigenvalue weighted by Crippen LogP contribution is -2.22. The van der Waals surface area contributed by atoms with Gasteiger partial charge in [-0.3, -0.25) is 4.79 Å². The van der Waals surface area contributed by atoms with Crippen LogP contribution in [0, 0.1) is 0 Å². The third-order valence-electron chi connectivity index (χ3n) is 4.24. The van der Waals surface area contributed by atoms with Crippen molar-refractivity contribution in [1.82, 2.24) is 5.32 Å². The first-order valence-electron chi connectivity index (χ1n) is 9.12. The zero-order chi connectivity index (χ0) is 20.9. The lowest BCUT2D eigenvalue weighted by Gasteiger charge is -2.11. The summed E-state index contributed by atoms with van der Waals surface area (Å²) >= 11 is 0. The number of fused-ring (bicyclic) bond motifs is 1. The van der Waals surface area contributed by atoms with Gasteiger partial charge < -0.3 is 15.4 Å². The molecule has 7 heteroatoms. The van der Waals surface area contributed by atoms with Crippen LogP contribution in [0.15, 0.2) is 60.7 Å². The zero-order valence-electron chi connectivity index (χ0n) is 15.8. The zero-order valence-corrected chi connectivity index (χ0v) is 15.8. The molecule has 0 aliphatic rings. The predicted molar refractivity (Wildman–Crippen MR) is 108 cm³/mol. The molecule has 3 aromatic rings. The summed E-state index contributed by atoms with van der Waals surface area (Å²) in [7, 11) is 0. The quantitative estimate of drug-likeness (QED) is 0.571. The number of rotatable bonds is 7. The van der Waals surface area contributed by atoms with Crippen LogP contribution < -0.4 is 15.4 Å². The molecule has 0 aromatic heterocycles. The maximum atomic E-state index is 12.2. The second-order valence-electron chi connectivity index (χ2n) is 6.68. The third-order valence-corrected chi connectivity index (χ3v) is 4.24. The van der Waals surface area contributed by atoms with Crippen LogP contribution in [-0.2, 0) is 11.2 Å². The van der Waals surface area contributed by atoms with E-state index < -0.39 is 12.8 Å². The molecule has 0 spiro atoms. The summed E-state index contributed by atoms with van der Waals surface area (Å²) in [5.74, 6) is 0.125. The van der Waals surface area contributed by atoms with E-state index in [1.165, 1.54) is 19.1 Å². The summed E-state index contributed by atoms with van der Waals surface area (Å²) in [4.78, 5) is 11.0. The van der Waals surface area contributed by atoms with Gasteiger partial charge in [0.05, 0.1) is 0 Å². The highest BCUT2D eigenvalue weighted by Gasteiger charge is 2.28. The highest BCUT2D eigenvalue weighted by atomic mass is 19.4. The van der Waals surface area contributed by atoms with Gasteiger partial charge in [-0.15, -0.1) is 0 Å². The van der Waals surface area contributed by atoms with Crippen LogP contribution in [0.5, 0.6) is 5.75 Å². The van der Waals surface area contributed by atoms with Crippen molar-refractivity contribution < 1.29 is 22.7 Å².